The molecule has 0 bridgehead atoms. The zero-order valence-electron chi connectivity index (χ0n) is 17.6. The minimum atomic E-state index is -0.400. The van der Waals surface area contributed by atoms with Crippen LogP contribution in [0.1, 0.15) is 24.1 Å². The van der Waals surface area contributed by atoms with Gasteiger partial charge in [-0.15, -0.1) is 0 Å². The van der Waals surface area contributed by atoms with E-state index in [-0.39, 0.29) is 6.61 Å². The maximum Gasteiger partial charge on any atom is 0.338 e. The highest BCUT2D eigenvalue weighted by molar-refractivity contribution is 7.80. The van der Waals surface area contributed by atoms with Gasteiger partial charge < -0.3 is 19.5 Å². The molecule has 3 rings (SSSR count). The van der Waals surface area contributed by atoms with Crippen LogP contribution >= 0.6 is 12.2 Å². The third-order valence-corrected chi connectivity index (χ3v) is 5.36. The van der Waals surface area contributed by atoms with Crippen molar-refractivity contribution in [2.45, 2.75) is 19.9 Å². The van der Waals surface area contributed by atoms with Crippen LogP contribution in [-0.4, -0.2) is 38.5 Å². The number of carbonyl (C=O) groups is 1. The van der Waals surface area contributed by atoms with Crippen LogP contribution in [0, 0.1) is 6.92 Å². The molecule has 158 valence electrons. The van der Waals surface area contributed by atoms with E-state index in [9.17, 15) is 4.79 Å². The molecule has 1 heterocycles. The molecule has 1 N–H and O–H groups in total. The van der Waals surface area contributed by atoms with Gasteiger partial charge in [0.15, 0.2) is 5.11 Å². The van der Waals surface area contributed by atoms with Crippen molar-refractivity contribution in [2.75, 3.05) is 32.3 Å². The molecule has 0 aromatic heterocycles. The van der Waals surface area contributed by atoms with E-state index in [2.05, 4.69) is 5.32 Å². The second-order valence-electron chi connectivity index (χ2n) is 6.90. The Morgan fingerprint density at radius 2 is 1.77 bits per heavy atom. The first kappa shape index (κ1) is 21.8. The van der Waals surface area contributed by atoms with Crippen LogP contribution in [0.5, 0.6) is 5.75 Å². The second kappa shape index (κ2) is 9.73. The smallest absolute Gasteiger partial charge is 0.338 e. The molecular formula is C23H26N2O4S. The number of hydrogen-bond acceptors (Lipinski definition) is 5. The third kappa shape index (κ3) is 4.47. The molecule has 6 nitrogen and oxygen atoms in total. The predicted molar refractivity (Wildman–Crippen MR) is 121 cm³/mol. The van der Waals surface area contributed by atoms with Gasteiger partial charge in [-0.1, -0.05) is 24.3 Å². The lowest BCUT2D eigenvalue weighted by atomic mass is 9.92. The normalized spacial score (nSPS) is 16.3. The van der Waals surface area contributed by atoms with E-state index < -0.39 is 12.0 Å². The highest BCUT2D eigenvalue weighted by Crippen LogP contribution is 2.35. The van der Waals surface area contributed by atoms with Crippen molar-refractivity contribution < 1.29 is 19.0 Å². The molecular weight excluding hydrogens is 400 g/mol. The lowest BCUT2D eigenvalue weighted by Gasteiger charge is -2.38. The topological polar surface area (TPSA) is 60.0 Å². The molecule has 1 aliphatic heterocycles. The Morgan fingerprint density at radius 1 is 1.07 bits per heavy atom. The van der Waals surface area contributed by atoms with E-state index in [0.29, 0.717) is 17.3 Å². The number of nitrogens with zero attached hydrogens (tertiary/aromatic N) is 1. The number of esters is 1. The van der Waals surface area contributed by atoms with Crippen molar-refractivity contribution in [3.05, 3.63) is 70.9 Å². The maximum absolute atomic E-state index is 13.1. The van der Waals surface area contributed by atoms with Crippen LogP contribution in [-0.2, 0) is 14.3 Å². The van der Waals surface area contributed by atoms with Crippen LogP contribution in [0.25, 0.3) is 0 Å². The van der Waals surface area contributed by atoms with Crippen LogP contribution in [0.3, 0.4) is 0 Å². The van der Waals surface area contributed by atoms with Crippen LogP contribution in [0.4, 0.5) is 5.69 Å². The summed E-state index contributed by atoms with van der Waals surface area (Å²) in [5, 5.41) is 3.85. The van der Waals surface area contributed by atoms with E-state index in [1.807, 2.05) is 67.3 Å². The summed E-state index contributed by atoms with van der Waals surface area (Å²) < 4.78 is 15.8. The molecule has 1 aliphatic rings. The fraction of sp³-hybridized carbons (Fsp3) is 0.304. The van der Waals surface area contributed by atoms with Gasteiger partial charge in [-0.2, -0.15) is 0 Å². The first-order chi connectivity index (χ1) is 14.5. The first-order valence-corrected chi connectivity index (χ1v) is 10.1. The summed E-state index contributed by atoms with van der Waals surface area (Å²) >= 11 is 5.69. The summed E-state index contributed by atoms with van der Waals surface area (Å²) in [7, 11) is 3.19. The first-order valence-electron chi connectivity index (χ1n) is 9.65. The largest absolute Gasteiger partial charge is 0.497 e. The van der Waals surface area contributed by atoms with Gasteiger partial charge in [0.1, 0.15) is 12.4 Å². The summed E-state index contributed by atoms with van der Waals surface area (Å²) in [5.41, 5.74) is 4.11. The molecule has 2 aromatic carbocycles. The number of hydrogen-bond donors (Lipinski definition) is 1. The summed E-state index contributed by atoms with van der Waals surface area (Å²) in [6.45, 7) is 4.41. The highest BCUT2D eigenvalue weighted by Gasteiger charge is 2.36. The number of carbonyl (C=O) groups excluding carboxylic acids is 1. The van der Waals surface area contributed by atoms with Crippen molar-refractivity contribution in [3.8, 4) is 5.75 Å². The van der Waals surface area contributed by atoms with Crippen molar-refractivity contribution in [1.82, 2.24) is 5.32 Å². The van der Waals surface area contributed by atoms with Crippen LogP contribution in [0.15, 0.2) is 59.8 Å². The lowest BCUT2D eigenvalue weighted by molar-refractivity contribution is -0.140. The lowest BCUT2D eigenvalue weighted by Crippen LogP contribution is -2.48. The summed E-state index contributed by atoms with van der Waals surface area (Å²) in [6.07, 6.45) is 0. The van der Waals surface area contributed by atoms with Gasteiger partial charge in [0.2, 0.25) is 0 Å². The molecule has 0 fully saturated rings. The molecule has 0 saturated heterocycles. The van der Waals surface area contributed by atoms with E-state index in [4.69, 9.17) is 26.4 Å². The number of allylic oxidation sites excluding steroid dienone is 1. The Labute approximate surface area is 182 Å². The fourth-order valence-electron chi connectivity index (χ4n) is 3.49. The number of aryl methyl sites for hydroxylation is 1. The van der Waals surface area contributed by atoms with E-state index in [1.165, 1.54) is 0 Å². The Hall–Kier alpha value is -2.90. The standard InChI is InChI=1S/C23H26N2O4S/c1-15-7-5-6-8-19(15)21-20(22(26)29-14-13-27-3)16(2)25(23(30)24-21)17-9-11-18(28-4)12-10-17/h5-12,21H,13-14H2,1-4H3,(H,24,30). The molecule has 7 heteroatoms. The van der Waals surface area contributed by atoms with Crippen molar-refractivity contribution in [2.24, 2.45) is 0 Å². The van der Waals surface area contributed by atoms with Crippen LogP contribution in [0.2, 0.25) is 0 Å². The Morgan fingerprint density at radius 3 is 2.40 bits per heavy atom. The average Bonchev–Trinajstić information content (AvgIpc) is 2.74. The summed E-state index contributed by atoms with van der Waals surface area (Å²) in [4.78, 5) is 14.9. The number of benzene rings is 2. The van der Waals surface area contributed by atoms with Gasteiger partial charge in [0, 0.05) is 18.5 Å². The third-order valence-electron chi connectivity index (χ3n) is 5.06. The van der Waals surface area contributed by atoms with Gasteiger partial charge in [0.25, 0.3) is 0 Å². The minimum absolute atomic E-state index is 0.180. The van der Waals surface area contributed by atoms with Crippen LogP contribution < -0.4 is 15.0 Å². The Bertz CT molecular complexity index is 956. The number of ether oxygens (including phenoxy) is 3. The second-order valence-corrected chi connectivity index (χ2v) is 7.29. The average molecular weight is 427 g/mol. The van der Waals surface area contributed by atoms with Gasteiger partial charge in [-0.05, 0) is 61.5 Å². The fourth-order valence-corrected chi connectivity index (χ4v) is 3.85. The molecule has 0 aliphatic carbocycles. The molecule has 30 heavy (non-hydrogen) atoms. The summed E-state index contributed by atoms with van der Waals surface area (Å²) in [6, 6.07) is 15.0. The van der Waals surface area contributed by atoms with Gasteiger partial charge >= 0.3 is 5.97 Å². The molecule has 0 saturated carbocycles. The Kier molecular flexibility index (Phi) is 7.07. The zero-order chi connectivity index (χ0) is 21.7. The number of thiocarbonyl (C=S) groups is 1. The monoisotopic (exact) mass is 426 g/mol. The van der Waals surface area contributed by atoms with Gasteiger partial charge in [-0.3, -0.25) is 4.90 Å². The minimum Gasteiger partial charge on any atom is -0.497 e. The molecule has 2 aromatic rings. The number of nitrogens with one attached hydrogen (secondary N) is 1. The number of rotatable bonds is 7. The molecule has 1 unspecified atom stereocenters. The highest BCUT2D eigenvalue weighted by atomic mass is 32.1. The van der Waals surface area contributed by atoms with Gasteiger partial charge in [-0.25, -0.2) is 4.79 Å². The number of methoxy groups -OCH3 is 2. The van der Waals surface area contributed by atoms with Gasteiger partial charge in [0.05, 0.1) is 25.3 Å². The van der Waals surface area contributed by atoms with Crippen molar-refractivity contribution >= 4 is 29.0 Å². The predicted octanol–water partition coefficient (Wildman–Crippen LogP) is 3.90. The van der Waals surface area contributed by atoms with Crippen molar-refractivity contribution in [1.29, 1.82) is 0 Å². The quantitative estimate of drug-likeness (QED) is 0.409. The zero-order valence-corrected chi connectivity index (χ0v) is 18.4. The SMILES string of the molecule is COCCOC(=O)C1=C(C)N(c2ccc(OC)cc2)C(=S)NC1c1ccccc1C. The van der Waals surface area contributed by atoms with E-state index in [1.54, 1.807) is 14.2 Å². The Balaban J connectivity index is 2.07. The molecule has 0 amide bonds. The number of anilines is 1. The maximum atomic E-state index is 13.1. The van der Waals surface area contributed by atoms with Crippen molar-refractivity contribution in [3.63, 3.8) is 0 Å². The summed E-state index contributed by atoms with van der Waals surface area (Å²) in [5.74, 6) is 0.347. The molecule has 0 spiro atoms. The van der Waals surface area contributed by atoms with E-state index >= 15 is 0 Å². The van der Waals surface area contributed by atoms with E-state index in [0.717, 1.165) is 28.3 Å². The molecule has 0 radical (unpaired) electrons. The molecule has 1 atom stereocenters.